The summed E-state index contributed by atoms with van der Waals surface area (Å²) in [4.78, 5) is 0. The minimum atomic E-state index is 0.00954. The van der Waals surface area contributed by atoms with Crippen molar-refractivity contribution < 1.29 is 4.39 Å². The topological polar surface area (TPSA) is 0 Å². The Labute approximate surface area is 214 Å². The minimum absolute atomic E-state index is 0.00954. The van der Waals surface area contributed by atoms with E-state index in [0.717, 1.165) is 59.3 Å². The summed E-state index contributed by atoms with van der Waals surface area (Å²) >= 11 is 0. The molecule has 0 heterocycles. The first-order chi connectivity index (χ1) is 17.2. The van der Waals surface area contributed by atoms with Crippen LogP contribution in [0.3, 0.4) is 0 Å². The summed E-state index contributed by atoms with van der Waals surface area (Å²) in [6, 6.07) is 10.6. The number of halogens is 1. The van der Waals surface area contributed by atoms with Gasteiger partial charge in [0.25, 0.3) is 0 Å². The van der Waals surface area contributed by atoms with Gasteiger partial charge in [-0.15, -0.1) is 0 Å². The van der Waals surface area contributed by atoms with Crippen molar-refractivity contribution in [1.29, 1.82) is 0 Å². The first-order valence-electron chi connectivity index (χ1n) is 15.0. The molecule has 0 amide bonds. The van der Waals surface area contributed by atoms with Crippen molar-refractivity contribution in [3.63, 3.8) is 0 Å². The highest BCUT2D eigenvalue weighted by Gasteiger charge is 2.30. The molecule has 4 rings (SSSR count). The van der Waals surface area contributed by atoms with E-state index < -0.39 is 0 Å². The molecule has 0 radical (unpaired) electrons. The van der Waals surface area contributed by atoms with Crippen molar-refractivity contribution in [2.75, 3.05) is 0 Å². The van der Waals surface area contributed by atoms with Crippen LogP contribution in [0.5, 0.6) is 0 Å². The standard InChI is InChI=1S/C34H49F/c1-3-5-7-9-26-13-18-29(19-14-26)30-20-15-27(16-21-30)11-12-28-17-24-33-32(25-28)23-22-31(34(33)35)10-8-6-4-2/h3,5,17,22-27,29-30H,4,6-16,18-21H2,1-2H3/b5-3+. The largest absolute Gasteiger partial charge is 0.206 e. The molecule has 2 aliphatic rings. The molecule has 1 heteroatoms. The quantitative estimate of drug-likeness (QED) is 0.223. The molecule has 0 atom stereocenters. The third-order valence-corrected chi connectivity index (χ3v) is 9.42. The van der Waals surface area contributed by atoms with Crippen molar-refractivity contribution >= 4 is 10.8 Å². The van der Waals surface area contributed by atoms with Gasteiger partial charge in [-0.25, -0.2) is 4.39 Å². The number of benzene rings is 2. The van der Waals surface area contributed by atoms with Crippen molar-refractivity contribution in [2.24, 2.45) is 23.7 Å². The summed E-state index contributed by atoms with van der Waals surface area (Å²) in [5.74, 6) is 3.89. The number of hydrogen-bond donors (Lipinski definition) is 0. The van der Waals surface area contributed by atoms with Gasteiger partial charge in [-0.2, -0.15) is 0 Å². The molecule has 2 fully saturated rings. The van der Waals surface area contributed by atoms with Crippen LogP contribution in [0, 0.1) is 29.5 Å². The second-order valence-corrected chi connectivity index (χ2v) is 11.8. The van der Waals surface area contributed by atoms with Gasteiger partial charge in [0.2, 0.25) is 0 Å². The van der Waals surface area contributed by atoms with Gasteiger partial charge in [0.05, 0.1) is 0 Å². The van der Waals surface area contributed by atoms with E-state index in [9.17, 15) is 4.39 Å². The lowest BCUT2D eigenvalue weighted by molar-refractivity contribution is 0.141. The Balaban J connectivity index is 1.21. The van der Waals surface area contributed by atoms with Gasteiger partial charge in [-0.05, 0) is 111 Å². The van der Waals surface area contributed by atoms with Gasteiger partial charge < -0.3 is 0 Å². The molecule has 0 saturated heterocycles. The lowest BCUT2D eigenvalue weighted by atomic mass is 9.68. The molecule has 192 valence electrons. The van der Waals surface area contributed by atoms with Crippen molar-refractivity contribution in [3.8, 4) is 0 Å². The summed E-state index contributed by atoms with van der Waals surface area (Å²) < 4.78 is 15.0. The number of fused-ring (bicyclic) bond motifs is 1. The molecule has 0 bridgehead atoms. The number of rotatable bonds is 11. The van der Waals surface area contributed by atoms with Crippen LogP contribution in [0.4, 0.5) is 4.39 Å². The Morgan fingerprint density at radius 2 is 1.49 bits per heavy atom. The smallest absolute Gasteiger partial charge is 0.134 e. The van der Waals surface area contributed by atoms with Gasteiger partial charge in [0, 0.05) is 5.39 Å². The lowest BCUT2D eigenvalue weighted by Gasteiger charge is -2.38. The highest BCUT2D eigenvalue weighted by atomic mass is 19.1. The van der Waals surface area contributed by atoms with Gasteiger partial charge in [-0.3, -0.25) is 0 Å². The fraction of sp³-hybridized carbons (Fsp3) is 0.647. The zero-order chi connectivity index (χ0) is 24.5. The Kier molecular flexibility index (Phi) is 10.3. The molecule has 0 aliphatic heterocycles. The molecule has 0 N–H and O–H groups in total. The molecule has 2 saturated carbocycles. The second-order valence-electron chi connectivity index (χ2n) is 11.8. The van der Waals surface area contributed by atoms with Crippen LogP contribution in [-0.4, -0.2) is 0 Å². The Morgan fingerprint density at radius 1 is 0.800 bits per heavy atom. The Bertz CT molecular complexity index is 925. The summed E-state index contributed by atoms with van der Waals surface area (Å²) in [6.07, 6.45) is 25.7. The third kappa shape index (κ3) is 7.43. The second kappa shape index (κ2) is 13.6. The Morgan fingerprint density at radius 3 is 2.14 bits per heavy atom. The van der Waals surface area contributed by atoms with Crippen LogP contribution >= 0.6 is 0 Å². The van der Waals surface area contributed by atoms with E-state index in [1.807, 2.05) is 12.1 Å². The maximum atomic E-state index is 15.0. The molecule has 2 aromatic rings. The van der Waals surface area contributed by atoms with Crippen molar-refractivity contribution in [2.45, 2.75) is 117 Å². The first kappa shape index (κ1) is 26.4. The monoisotopic (exact) mass is 476 g/mol. The normalized spacial score (nSPS) is 25.5. The summed E-state index contributed by atoms with van der Waals surface area (Å²) in [7, 11) is 0. The van der Waals surface area contributed by atoms with Crippen LogP contribution < -0.4 is 0 Å². The van der Waals surface area contributed by atoms with E-state index in [-0.39, 0.29) is 5.82 Å². The van der Waals surface area contributed by atoms with E-state index in [0.29, 0.717) is 0 Å². The van der Waals surface area contributed by atoms with Crippen molar-refractivity contribution in [1.82, 2.24) is 0 Å². The van der Waals surface area contributed by atoms with Gasteiger partial charge >= 0.3 is 0 Å². The molecule has 0 aromatic heterocycles. The van der Waals surface area contributed by atoms with Crippen LogP contribution in [-0.2, 0) is 12.8 Å². The average Bonchev–Trinajstić information content (AvgIpc) is 2.90. The van der Waals surface area contributed by atoms with Crippen LogP contribution in [0.25, 0.3) is 10.8 Å². The zero-order valence-corrected chi connectivity index (χ0v) is 22.5. The predicted molar refractivity (Wildman–Crippen MR) is 150 cm³/mol. The van der Waals surface area contributed by atoms with E-state index in [1.54, 1.807) is 0 Å². The number of hydrogen-bond acceptors (Lipinski definition) is 0. The van der Waals surface area contributed by atoms with E-state index in [4.69, 9.17) is 0 Å². The average molecular weight is 477 g/mol. The minimum Gasteiger partial charge on any atom is -0.206 e. The number of aryl methyl sites for hydroxylation is 2. The molecule has 2 aliphatic carbocycles. The Hall–Kier alpha value is -1.63. The van der Waals surface area contributed by atoms with Crippen molar-refractivity contribution in [3.05, 3.63) is 59.4 Å². The lowest BCUT2D eigenvalue weighted by Crippen LogP contribution is -2.26. The van der Waals surface area contributed by atoms with E-state index >= 15 is 0 Å². The van der Waals surface area contributed by atoms with E-state index in [2.05, 4.69) is 44.2 Å². The molecule has 2 aromatic carbocycles. The summed E-state index contributed by atoms with van der Waals surface area (Å²) in [5.41, 5.74) is 2.27. The highest BCUT2D eigenvalue weighted by Crippen LogP contribution is 2.43. The third-order valence-electron chi connectivity index (χ3n) is 9.42. The van der Waals surface area contributed by atoms with Gasteiger partial charge in [-0.1, -0.05) is 87.9 Å². The number of allylic oxidation sites excluding steroid dienone is 2. The predicted octanol–water partition coefficient (Wildman–Crippen LogP) is 10.6. The maximum Gasteiger partial charge on any atom is 0.134 e. The molecule has 0 nitrogen and oxygen atoms in total. The zero-order valence-electron chi connectivity index (χ0n) is 22.5. The van der Waals surface area contributed by atoms with Crippen LogP contribution in [0.15, 0.2) is 42.5 Å². The molecular weight excluding hydrogens is 427 g/mol. The molecule has 0 spiro atoms. The summed E-state index contributed by atoms with van der Waals surface area (Å²) in [6.45, 7) is 4.34. The maximum absolute atomic E-state index is 15.0. The van der Waals surface area contributed by atoms with Crippen LogP contribution in [0.1, 0.15) is 115 Å². The SMILES string of the molecule is C/C=C/CCC1CCC(C2CCC(CCc3ccc4c(F)c(CCCCC)ccc4c3)CC2)CC1. The molecule has 0 unspecified atom stereocenters. The van der Waals surface area contributed by atoms with E-state index in [1.165, 1.54) is 89.0 Å². The van der Waals surface area contributed by atoms with Gasteiger partial charge in [0.15, 0.2) is 0 Å². The fourth-order valence-electron chi connectivity index (χ4n) is 7.07. The molecule has 35 heavy (non-hydrogen) atoms. The highest BCUT2D eigenvalue weighted by molar-refractivity contribution is 5.84. The fourth-order valence-corrected chi connectivity index (χ4v) is 7.07. The molecular formula is C34H49F. The number of unbranched alkanes of at least 4 members (excludes halogenated alkanes) is 2. The van der Waals surface area contributed by atoms with Crippen LogP contribution in [0.2, 0.25) is 0 Å². The van der Waals surface area contributed by atoms with Gasteiger partial charge in [0.1, 0.15) is 5.82 Å². The summed E-state index contributed by atoms with van der Waals surface area (Å²) in [5, 5.41) is 1.88. The first-order valence-corrected chi connectivity index (χ1v) is 15.0.